The van der Waals surface area contributed by atoms with Crippen LogP contribution in [0.1, 0.15) is 21.5 Å². The number of aryl methyl sites for hydroxylation is 1. The molecule has 0 saturated carbocycles. The molecule has 0 bridgehead atoms. The normalized spacial score (nSPS) is 17.1. The van der Waals surface area contributed by atoms with E-state index in [4.69, 9.17) is 21.7 Å². The molecule has 1 saturated heterocycles. The van der Waals surface area contributed by atoms with Crippen molar-refractivity contribution in [1.29, 1.82) is 0 Å². The summed E-state index contributed by atoms with van der Waals surface area (Å²) in [5.74, 6) is -0.0389. The zero-order valence-electron chi connectivity index (χ0n) is 14.1. The lowest BCUT2D eigenvalue weighted by Crippen LogP contribution is -2.27. The summed E-state index contributed by atoms with van der Waals surface area (Å²) in [6.07, 6.45) is 1.73. The number of carbonyl (C=O) groups is 2. The molecule has 2 aromatic carbocycles. The minimum absolute atomic E-state index is 0.140. The zero-order chi connectivity index (χ0) is 19.1. The van der Waals surface area contributed by atoms with Crippen molar-refractivity contribution < 1.29 is 24.2 Å². The number of hydrogen-bond donors (Lipinski definition) is 1. The summed E-state index contributed by atoms with van der Waals surface area (Å²) in [6, 6.07) is 10.2. The third-order valence-electron chi connectivity index (χ3n) is 4.20. The standard InChI is InChI=1S/C19H13NO5S2/c1-10-2-4-12(8-13(10)18(22)23)20-17(21)16(27-19(20)26)7-11-3-5-14-15(6-11)25-9-24-14/h2-8H,9H2,1H3,(H,22,23)/b16-7-. The average Bonchev–Trinajstić information content (AvgIpc) is 3.20. The smallest absolute Gasteiger partial charge is 0.336 e. The molecule has 6 nitrogen and oxygen atoms in total. The predicted octanol–water partition coefficient (Wildman–Crippen LogP) is 3.83. The lowest BCUT2D eigenvalue weighted by molar-refractivity contribution is -0.113. The first-order chi connectivity index (χ1) is 12.9. The maximum absolute atomic E-state index is 12.9. The molecule has 1 amide bonds. The summed E-state index contributed by atoms with van der Waals surface area (Å²) in [5, 5.41) is 9.31. The molecule has 2 heterocycles. The summed E-state index contributed by atoms with van der Waals surface area (Å²) in [5.41, 5.74) is 1.98. The van der Waals surface area contributed by atoms with Crippen LogP contribution in [0.3, 0.4) is 0 Å². The number of rotatable bonds is 3. The molecule has 0 spiro atoms. The number of fused-ring (bicyclic) bond motifs is 1. The molecule has 4 rings (SSSR count). The molecule has 136 valence electrons. The highest BCUT2D eigenvalue weighted by Crippen LogP contribution is 2.38. The number of amides is 1. The third kappa shape index (κ3) is 3.17. The van der Waals surface area contributed by atoms with Crippen LogP contribution in [-0.4, -0.2) is 28.1 Å². The molecule has 27 heavy (non-hydrogen) atoms. The Morgan fingerprint density at radius 3 is 2.78 bits per heavy atom. The first kappa shape index (κ1) is 17.6. The summed E-state index contributed by atoms with van der Waals surface area (Å²) in [6.45, 7) is 1.89. The van der Waals surface area contributed by atoms with Gasteiger partial charge in [-0.1, -0.05) is 36.1 Å². The number of ether oxygens (including phenoxy) is 2. The van der Waals surface area contributed by atoms with Crippen molar-refractivity contribution in [1.82, 2.24) is 0 Å². The number of nitrogens with zero attached hydrogens (tertiary/aromatic N) is 1. The van der Waals surface area contributed by atoms with Gasteiger partial charge in [0.2, 0.25) is 6.79 Å². The van der Waals surface area contributed by atoms with Crippen molar-refractivity contribution in [2.45, 2.75) is 6.92 Å². The maximum atomic E-state index is 12.9. The maximum Gasteiger partial charge on any atom is 0.336 e. The van der Waals surface area contributed by atoms with Crippen LogP contribution in [-0.2, 0) is 4.79 Å². The Kier molecular flexibility index (Phi) is 4.37. The summed E-state index contributed by atoms with van der Waals surface area (Å²) in [7, 11) is 0. The van der Waals surface area contributed by atoms with E-state index >= 15 is 0 Å². The number of carboxylic acids is 1. The topological polar surface area (TPSA) is 76.1 Å². The molecule has 0 radical (unpaired) electrons. The predicted molar refractivity (Wildman–Crippen MR) is 106 cm³/mol. The van der Waals surface area contributed by atoms with Crippen molar-refractivity contribution in [3.05, 3.63) is 58.0 Å². The van der Waals surface area contributed by atoms with Crippen LogP contribution < -0.4 is 14.4 Å². The molecule has 0 atom stereocenters. The quantitative estimate of drug-likeness (QED) is 0.621. The van der Waals surface area contributed by atoms with Gasteiger partial charge in [-0.15, -0.1) is 0 Å². The number of hydrogen-bond acceptors (Lipinski definition) is 6. The zero-order valence-corrected chi connectivity index (χ0v) is 15.7. The van der Waals surface area contributed by atoms with Crippen molar-refractivity contribution >= 4 is 51.9 Å². The van der Waals surface area contributed by atoms with Gasteiger partial charge < -0.3 is 14.6 Å². The van der Waals surface area contributed by atoms with Crippen molar-refractivity contribution in [3.8, 4) is 11.5 Å². The fourth-order valence-corrected chi connectivity index (χ4v) is 4.12. The minimum atomic E-state index is -1.05. The molecule has 0 aromatic heterocycles. The first-order valence-corrected chi connectivity index (χ1v) is 9.18. The van der Waals surface area contributed by atoms with E-state index in [-0.39, 0.29) is 18.3 Å². The summed E-state index contributed by atoms with van der Waals surface area (Å²) < 4.78 is 11.0. The van der Waals surface area contributed by atoms with Crippen LogP contribution in [0, 0.1) is 6.92 Å². The number of aromatic carboxylic acids is 1. The lowest BCUT2D eigenvalue weighted by Gasteiger charge is -2.15. The molecule has 1 fully saturated rings. The summed E-state index contributed by atoms with van der Waals surface area (Å²) in [4.78, 5) is 26.0. The highest BCUT2D eigenvalue weighted by Gasteiger charge is 2.34. The Hall–Kier alpha value is -2.84. The van der Waals surface area contributed by atoms with Crippen molar-refractivity contribution in [3.63, 3.8) is 0 Å². The van der Waals surface area contributed by atoms with Gasteiger partial charge in [-0.2, -0.15) is 0 Å². The number of carbonyl (C=O) groups excluding carboxylic acids is 1. The Bertz CT molecular complexity index is 1030. The summed E-state index contributed by atoms with van der Waals surface area (Å²) >= 11 is 6.52. The fraction of sp³-hybridized carbons (Fsp3) is 0.105. The van der Waals surface area contributed by atoms with E-state index in [1.807, 2.05) is 6.07 Å². The minimum Gasteiger partial charge on any atom is -0.478 e. The van der Waals surface area contributed by atoms with Gasteiger partial charge >= 0.3 is 5.97 Å². The average molecular weight is 399 g/mol. The highest BCUT2D eigenvalue weighted by atomic mass is 32.2. The van der Waals surface area contributed by atoms with Crippen LogP contribution in [0.25, 0.3) is 6.08 Å². The van der Waals surface area contributed by atoms with Gasteiger partial charge in [-0.05, 0) is 48.4 Å². The Morgan fingerprint density at radius 1 is 1.22 bits per heavy atom. The van der Waals surface area contributed by atoms with Crippen molar-refractivity contribution in [2.24, 2.45) is 0 Å². The second-order valence-corrected chi connectivity index (χ2v) is 7.61. The highest BCUT2D eigenvalue weighted by molar-refractivity contribution is 8.27. The SMILES string of the molecule is Cc1ccc(N2C(=O)/C(=C/c3ccc4c(c3)OCO4)SC2=S)cc1C(=O)O. The van der Waals surface area contributed by atoms with Gasteiger partial charge in [-0.3, -0.25) is 9.69 Å². The van der Waals surface area contributed by atoms with Crippen LogP contribution in [0.15, 0.2) is 41.3 Å². The van der Waals surface area contributed by atoms with Gasteiger partial charge in [-0.25, -0.2) is 4.79 Å². The molecular formula is C19H13NO5S2. The van der Waals surface area contributed by atoms with Crippen LogP contribution in [0.2, 0.25) is 0 Å². The van der Waals surface area contributed by atoms with Crippen LogP contribution in [0.5, 0.6) is 11.5 Å². The molecule has 1 N–H and O–H groups in total. The second kappa shape index (κ2) is 6.71. The molecule has 2 aliphatic rings. The second-order valence-electron chi connectivity index (χ2n) is 5.93. The lowest BCUT2D eigenvalue weighted by atomic mass is 10.1. The van der Waals surface area contributed by atoms with E-state index in [0.717, 1.165) is 5.56 Å². The van der Waals surface area contributed by atoms with E-state index in [1.54, 1.807) is 37.3 Å². The van der Waals surface area contributed by atoms with Gasteiger partial charge in [0.1, 0.15) is 0 Å². The third-order valence-corrected chi connectivity index (χ3v) is 5.50. The van der Waals surface area contributed by atoms with E-state index in [2.05, 4.69) is 0 Å². The molecule has 2 aromatic rings. The van der Waals surface area contributed by atoms with E-state index < -0.39 is 5.97 Å². The molecule has 2 aliphatic heterocycles. The van der Waals surface area contributed by atoms with Gasteiger partial charge in [0.15, 0.2) is 15.8 Å². The number of thioether (sulfide) groups is 1. The Labute approximate surface area is 164 Å². The Balaban J connectivity index is 1.66. The van der Waals surface area contributed by atoms with E-state index in [0.29, 0.717) is 32.0 Å². The van der Waals surface area contributed by atoms with E-state index in [9.17, 15) is 14.7 Å². The van der Waals surface area contributed by atoms with E-state index in [1.165, 1.54) is 22.7 Å². The monoisotopic (exact) mass is 399 g/mol. The molecular weight excluding hydrogens is 386 g/mol. The Morgan fingerprint density at radius 2 is 2.00 bits per heavy atom. The molecule has 8 heteroatoms. The largest absolute Gasteiger partial charge is 0.478 e. The number of benzene rings is 2. The molecule has 0 unspecified atom stereocenters. The first-order valence-electron chi connectivity index (χ1n) is 7.95. The van der Waals surface area contributed by atoms with Gasteiger partial charge in [0.05, 0.1) is 16.2 Å². The van der Waals surface area contributed by atoms with Crippen molar-refractivity contribution in [2.75, 3.05) is 11.7 Å². The van der Waals surface area contributed by atoms with Crippen LogP contribution in [0.4, 0.5) is 5.69 Å². The fourth-order valence-electron chi connectivity index (χ4n) is 2.82. The number of carboxylic acid groups (broad SMARTS) is 1. The number of thiocarbonyl (C=S) groups is 1. The van der Waals surface area contributed by atoms with Gasteiger partial charge in [0, 0.05) is 0 Å². The van der Waals surface area contributed by atoms with Gasteiger partial charge in [0.25, 0.3) is 5.91 Å². The number of anilines is 1. The molecule has 0 aliphatic carbocycles. The van der Waals surface area contributed by atoms with Crippen LogP contribution >= 0.6 is 24.0 Å².